The van der Waals surface area contributed by atoms with E-state index in [0.717, 1.165) is 39.0 Å². The molecular weight excluding hydrogens is 253 g/mol. The average molecular weight is 281 g/mol. The van der Waals surface area contributed by atoms with Crippen molar-refractivity contribution < 1.29 is 9.13 Å². The zero-order valence-corrected chi connectivity index (χ0v) is 13.0. The summed E-state index contributed by atoms with van der Waals surface area (Å²) in [7, 11) is 0. The second kappa shape index (κ2) is 9.89. The van der Waals surface area contributed by atoms with Crippen molar-refractivity contribution in [3.63, 3.8) is 0 Å². The lowest BCUT2D eigenvalue weighted by molar-refractivity contribution is 0.139. The van der Waals surface area contributed by atoms with Crippen molar-refractivity contribution in [3.05, 3.63) is 35.6 Å². The molecule has 0 radical (unpaired) electrons. The Bertz CT molecular complexity index is 351. The fourth-order valence-electron chi connectivity index (χ4n) is 2.25. The Morgan fingerprint density at radius 3 is 2.50 bits per heavy atom. The Kier molecular flexibility index (Phi) is 8.47. The summed E-state index contributed by atoms with van der Waals surface area (Å²) in [6.07, 6.45) is 3.21. The van der Waals surface area contributed by atoms with E-state index in [9.17, 15) is 4.39 Å². The smallest absolute Gasteiger partial charge is 0.123 e. The third kappa shape index (κ3) is 7.61. The standard InChI is InChI=1S/C17H28FNO/c1-4-20-11-5-6-16(13-19-14(2)3)12-15-7-9-17(18)10-8-15/h7-10,14,16,19H,4-6,11-13H2,1-3H3. The van der Waals surface area contributed by atoms with Gasteiger partial charge in [-0.25, -0.2) is 4.39 Å². The van der Waals surface area contributed by atoms with Crippen molar-refractivity contribution in [3.8, 4) is 0 Å². The van der Waals surface area contributed by atoms with Gasteiger partial charge in [-0.05, 0) is 56.3 Å². The number of benzene rings is 1. The maximum atomic E-state index is 12.9. The molecule has 1 rings (SSSR count). The predicted octanol–water partition coefficient (Wildman–Crippen LogP) is 3.80. The molecule has 0 spiro atoms. The number of hydrogen-bond acceptors (Lipinski definition) is 2. The molecule has 0 aliphatic carbocycles. The van der Waals surface area contributed by atoms with E-state index >= 15 is 0 Å². The monoisotopic (exact) mass is 281 g/mol. The molecule has 1 N–H and O–H groups in total. The average Bonchev–Trinajstić information content (AvgIpc) is 2.43. The molecule has 0 aliphatic rings. The summed E-state index contributed by atoms with van der Waals surface area (Å²) in [5.41, 5.74) is 1.21. The quantitative estimate of drug-likeness (QED) is 0.659. The van der Waals surface area contributed by atoms with E-state index in [1.165, 1.54) is 5.56 Å². The van der Waals surface area contributed by atoms with Gasteiger partial charge in [0.05, 0.1) is 0 Å². The lowest BCUT2D eigenvalue weighted by atomic mass is 9.94. The molecule has 2 nitrogen and oxygen atoms in total. The molecule has 0 aromatic heterocycles. The van der Waals surface area contributed by atoms with Crippen LogP contribution in [0.15, 0.2) is 24.3 Å². The van der Waals surface area contributed by atoms with Gasteiger partial charge in [-0.2, -0.15) is 0 Å². The molecule has 0 saturated carbocycles. The third-order valence-corrected chi connectivity index (χ3v) is 3.36. The van der Waals surface area contributed by atoms with Crippen LogP contribution in [0.5, 0.6) is 0 Å². The SMILES string of the molecule is CCOCCCC(CNC(C)C)Cc1ccc(F)cc1. The highest BCUT2D eigenvalue weighted by atomic mass is 19.1. The van der Waals surface area contributed by atoms with Crippen LogP contribution in [0.1, 0.15) is 39.2 Å². The number of rotatable bonds is 10. The number of halogens is 1. The molecule has 1 unspecified atom stereocenters. The fraction of sp³-hybridized carbons (Fsp3) is 0.647. The Morgan fingerprint density at radius 1 is 1.20 bits per heavy atom. The summed E-state index contributed by atoms with van der Waals surface area (Å²) >= 11 is 0. The summed E-state index contributed by atoms with van der Waals surface area (Å²) in [4.78, 5) is 0. The van der Waals surface area contributed by atoms with Gasteiger partial charge in [-0.1, -0.05) is 26.0 Å². The van der Waals surface area contributed by atoms with Crippen LogP contribution in [-0.2, 0) is 11.2 Å². The van der Waals surface area contributed by atoms with E-state index < -0.39 is 0 Å². The van der Waals surface area contributed by atoms with E-state index in [2.05, 4.69) is 19.2 Å². The summed E-state index contributed by atoms with van der Waals surface area (Å²) in [5, 5.41) is 3.50. The van der Waals surface area contributed by atoms with E-state index in [1.54, 1.807) is 12.1 Å². The van der Waals surface area contributed by atoms with Gasteiger partial charge in [0.2, 0.25) is 0 Å². The van der Waals surface area contributed by atoms with Crippen LogP contribution in [0.4, 0.5) is 4.39 Å². The molecule has 1 aromatic carbocycles. The van der Waals surface area contributed by atoms with Gasteiger partial charge in [0.1, 0.15) is 5.82 Å². The summed E-state index contributed by atoms with van der Waals surface area (Å²) in [5.74, 6) is 0.408. The first kappa shape index (κ1) is 17.1. The predicted molar refractivity (Wildman–Crippen MR) is 82.5 cm³/mol. The molecule has 20 heavy (non-hydrogen) atoms. The molecule has 114 valence electrons. The lowest BCUT2D eigenvalue weighted by Crippen LogP contribution is -2.30. The van der Waals surface area contributed by atoms with Gasteiger partial charge >= 0.3 is 0 Å². The first-order chi connectivity index (χ1) is 9.61. The van der Waals surface area contributed by atoms with Crippen molar-refractivity contribution in [2.75, 3.05) is 19.8 Å². The Balaban J connectivity index is 2.45. The van der Waals surface area contributed by atoms with Gasteiger partial charge < -0.3 is 10.1 Å². The topological polar surface area (TPSA) is 21.3 Å². The molecule has 0 fully saturated rings. The largest absolute Gasteiger partial charge is 0.382 e. The van der Waals surface area contributed by atoms with Crippen LogP contribution >= 0.6 is 0 Å². The van der Waals surface area contributed by atoms with Crippen molar-refractivity contribution in [2.24, 2.45) is 5.92 Å². The zero-order chi connectivity index (χ0) is 14.8. The molecule has 1 atom stereocenters. The van der Waals surface area contributed by atoms with Gasteiger partial charge in [-0.15, -0.1) is 0 Å². The number of ether oxygens (including phenoxy) is 1. The zero-order valence-electron chi connectivity index (χ0n) is 13.0. The molecule has 0 saturated heterocycles. The fourth-order valence-corrected chi connectivity index (χ4v) is 2.25. The highest BCUT2D eigenvalue weighted by Crippen LogP contribution is 2.15. The van der Waals surface area contributed by atoms with E-state index in [4.69, 9.17) is 4.74 Å². The molecule has 0 bridgehead atoms. The molecule has 0 aliphatic heterocycles. The van der Waals surface area contributed by atoms with Crippen LogP contribution in [0.25, 0.3) is 0 Å². The van der Waals surface area contributed by atoms with E-state index in [0.29, 0.717) is 12.0 Å². The lowest BCUT2D eigenvalue weighted by Gasteiger charge is -2.19. The van der Waals surface area contributed by atoms with Gasteiger partial charge in [0, 0.05) is 19.3 Å². The van der Waals surface area contributed by atoms with Crippen molar-refractivity contribution in [1.29, 1.82) is 0 Å². The third-order valence-electron chi connectivity index (χ3n) is 3.36. The van der Waals surface area contributed by atoms with E-state index in [-0.39, 0.29) is 5.82 Å². The normalized spacial score (nSPS) is 12.8. The minimum absolute atomic E-state index is 0.165. The Hall–Kier alpha value is -0.930. The molecule has 0 heterocycles. The van der Waals surface area contributed by atoms with Crippen molar-refractivity contribution in [2.45, 2.75) is 46.1 Å². The molecule has 0 amide bonds. The Morgan fingerprint density at radius 2 is 1.90 bits per heavy atom. The summed E-state index contributed by atoms with van der Waals surface area (Å²) in [6, 6.07) is 7.36. The van der Waals surface area contributed by atoms with Crippen LogP contribution in [0.2, 0.25) is 0 Å². The molecule has 1 aromatic rings. The molecule has 3 heteroatoms. The summed E-state index contributed by atoms with van der Waals surface area (Å²) in [6.45, 7) is 8.97. The second-order valence-corrected chi connectivity index (χ2v) is 5.60. The van der Waals surface area contributed by atoms with Crippen LogP contribution in [0.3, 0.4) is 0 Å². The second-order valence-electron chi connectivity index (χ2n) is 5.60. The van der Waals surface area contributed by atoms with Crippen molar-refractivity contribution >= 4 is 0 Å². The van der Waals surface area contributed by atoms with Crippen molar-refractivity contribution in [1.82, 2.24) is 5.32 Å². The minimum Gasteiger partial charge on any atom is -0.382 e. The van der Waals surface area contributed by atoms with Crippen LogP contribution < -0.4 is 5.32 Å². The number of hydrogen-bond donors (Lipinski definition) is 1. The van der Waals surface area contributed by atoms with E-state index in [1.807, 2.05) is 19.1 Å². The maximum Gasteiger partial charge on any atom is 0.123 e. The van der Waals surface area contributed by atoms with Gasteiger partial charge in [0.15, 0.2) is 0 Å². The highest BCUT2D eigenvalue weighted by molar-refractivity contribution is 5.16. The van der Waals surface area contributed by atoms with Crippen LogP contribution in [-0.4, -0.2) is 25.8 Å². The highest BCUT2D eigenvalue weighted by Gasteiger charge is 2.10. The summed E-state index contributed by atoms with van der Waals surface area (Å²) < 4.78 is 18.3. The Labute approximate surface area is 122 Å². The first-order valence-electron chi connectivity index (χ1n) is 7.67. The van der Waals surface area contributed by atoms with Gasteiger partial charge in [0.25, 0.3) is 0 Å². The first-order valence-corrected chi connectivity index (χ1v) is 7.67. The minimum atomic E-state index is -0.165. The maximum absolute atomic E-state index is 12.9. The number of nitrogens with one attached hydrogen (secondary N) is 1. The van der Waals surface area contributed by atoms with Gasteiger partial charge in [-0.3, -0.25) is 0 Å². The molecular formula is C17H28FNO. The van der Waals surface area contributed by atoms with Crippen LogP contribution in [0, 0.1) is 11.7 Å².